The number of nitrogens with one attached hydrogen (secondary N) is 1. The van der Waals surface area contributed by atoms with Crippen LogP contribution in [0, 0.1) is 12.7 Å². The predicted octanol–water partition coefficient (Wildman–Crippen LogP) is 3.88. The molecular formula is C18H16BrFN4O2. The minimum Gasteiger partial charge on any atom is -0.380 e. The van der Waals surface area contributed by atoms with Gasteiger partial charge in [0.1, 0.15) is 5.82 Å². The van der Waals surface area contributed by atoms with Crippen LogP contribution < -0.4 is 5.32 Å². The van der Waals surface area contributed by atoms with E-state index in [-0.39, 0.29) is 17.4 Å². The van der Waals surface area contributed by atoms with Gasteiger partial charge in [0, 0.05) is 22.8 Å². The fourth-order valence-electron chi connectivity index (χ4n) is 2.51. The summed E-state index contributed by atoms with van der Waals surface area (Å²) in [4.78, 5) is 12.7. The molecule has 6 nitrogen and oxygen atoms in total. The molecule has 0 saturated carbocycles. The molecule has 8 heteroatoms. The molecule has 1 amide bonds. The molecule has 0 bridgehead atoms. The van der Waals surface area contributed by atoms with E-state index in [0.29, 0.717) is 23.7 Å². The van der Waals surface area contributed by atoms with E-state index in [0.717, 1.165) is 10.0 Å². The van der Waals surface area contributed by atoms with Crippen molar-refractivity contribution in [2.24, 2.45) is 0 Å². The van der Waals surface area contributed by atoms with E-state index in [4.69, 9.17) is 4.74 Å². The zero-order chi connectivity index (χ0) is 18.7. The fourth-order valence-corrected chi connectivity index (χ4v) is 3.00. The monoisotopic (exact) mass is 418 g/mol. The number of amides is 1. The van der Waals surface area contributed by atoms with Gasteiger partial charge in [-0.1, -0.05) is 27.2 Å². The molecule has 0 unspecified atom stereocenters. The summed E-state index contributed by atoms with van der Waals surface area (Å²) >= 11 is 3.46. The molecule has 134 valence electrons. The highest BCUT2D eigenvalue weighted by atomic mass is 79.9. The van der Waals surface area contributed by atoms with Gasteiger partial charge in [0.05, 0.1) is 18.0 Å². The quantitative estimate of drug-likeness (QED) is 0.682. The molecule has 0 aliphatic heterocycles. The summed E-state index contributed by atoms with van der Waals surface area (Å²) in [5.41, 5.74) is 2.82. The Kier molecular flexibility index (Phi) is 5.43. The van der Waals surface area contributed by atoms with Crippen LogP contribution >= 0.6 is 15.9 Å². The number of carbonyl (C=O) groups is 1. The molecule has 3 aromatic rings. The number of hydrogen-bond donors (Lipinski definition) is 1. The summed E-state index contributed by atoms with van der Waals surface area (Å²) in [6, 6.07) is 11.3. The zero-order valence-electron chi connectivity index (χ0n) is 14.2. The highest BCUT2D eigenvalue weighted by molar-refractivity contribution is 9.10. The normalized spacial score (nSPS) is 10.8. The van der Waals surface area contributed by atoms with E-state index in [1.54, 1.807) is 32.2 Å². The Labute approximate surface area is 158 Å². The molecule has 0 aliphatic carbocycles. The number of methoxy groups -OCH3 is 1. The van der Waals surface area contributed by atoms with E-state index >= 15 is 0 Å². The third-order valence-electron chi connectivity index (χ3n) is 3.84. The van der Waals surface area contributed by atoms with Crippen molar-refractivity contribution in [2.45, 2.75) is 13.5 Å². The summed E-state index contributed by atoms with van der Waals surface area (Å²) in [6.45, 7) is 2.08. The van der Waals surface area contributed by atoms with Gasteiger partial charge < -0.3 is 10.1 Å². The van der Waals surface area contributed by atoms with Gasteiger partial charge in [-0.3, -0.25) is 4.79 Å². The smallest absolute Gasteiger partial charge is 0.278 e. The van der Waals surface area contributed by atoms with Gasteiger partial charge in [0.2, 0.25) is 0 Å². The van der Waals surface area contributed by atoms with E-state index in [1.807, 2.05) is 12.1 Å². The van der Waals surface area contributed by atoms with Crippen molar-refractivity contribution in [3.05, 3.63) is 69.7 Å². The molecule has 0 atom stereocenters. The van der Waals surface area contributed by atoms with Crippen LogP contribution in [0.5, 0.6) is 0 Å². The topological polar surface area (TPSA) is 69.0 Å². The Bertz CT molecular complexity index is 941. The first kappa shape index (κ1) is 18.2. The first-order valence-corrected chi connectivity index (χ1v) is 8.56. The molecule has 26 heavy (non-hydrogen) atoms. The molecule has 0 aliphatic rings. The number of anilines is 1. The van der Waals surface area contributed by atoms with Gasteiger partial charge in [0.15, 0.2) is 5.69 Å². The molecule has 0 spiro atoms. The number of benzene rings is 2. The average Bonchev–Trinajstić information content (AvgIpc) is 3.00. The number of halogens is 2. The number of rotatable bonds is 5. The summed E-state index contributed by atoms with van der Waals surface area (Å²) in [5, 5.41) is 10.8. The Balaban J connectivity index is 1.88. The Morgan fingerprint density at radius 2 is 2.00 bits per heavy atom. The van der Waals surface area contributed by atoms with Crippen LogP contribution in [0.2, 0.25) is 0 Å². The summed E-state index contributed by atoms with van der Waals surface area (Å²) in [6.07, 6.45) is 0. The summed E-state index contributed by atoms with van der Waals surface area (Å²) < 4.78 is 20.6. The number of aromatic nitrogens is 3. The van der Waals surface area contributed by atoms with Crippen molar-refractivity contribution in [2.75, 3.05) is 12.4 Å². The van der Waals surface area contributed by atoms with Crippen molar-refractivity contribution in [1.29, 1.82) is 0 Å². The lowest BCUT2D eigenvalue weighted by Gasteiger charge is -2.12. The maximum atomic E-state index is 13.1. The third kappa shape index (κ3) is 3.66. The van der Waals surface area contributed by atoms with Crippen LogP contribution in [0.1, 0.15) is 21.7 Å². The Hall–Kier alpha value is -2.58. The lowest BCUT2D eigenvalue weighted by atomic mass is 10.2. The van der Waals surface area contributed by atoms with Crippen LogP contribution in [0.3, 0.4) is 0 Å². The van der Waals surface area contributed by atoms with Gasteiger partial charge in [-0.25, -0.2) is 9.07 Å². The lowest BCUT2D eigenvalue weighted by molar-refractivity contribution is 0.102. The molecule has 0 fully saturated rings. The molecule has 1 N–H and O–H groups in total. The Morgan fingerprint density at radius 1 is 1.27 bits per heavy atom. The maximum Gasteiger partial charge on any atom is 0.278 e. The van der Waals surface area contributed by atoms with Crippen molar-refractivity contribution in [3.63, 3.8) is 0 Å². The van der Waals surface area contributed by atoms with Gasteiger partial charge in [-0.15, -0.1) is 5.10 Å². The molecule has 3 rings (SSSR count). The van der Waals surface area contributed by atoms with E-state index in [9.17, 15) is 9.18 Å². The Morgan fingerprint density at radius 3 is 2.69 bits per heavy atom. The summed E-state index contributed by atoms with van der Waals surface area (Å²) in [7, 11) is 1.59. The standard InChI is InChI=1S/C18H16BrFN4O2/c1-11-17(22-23-24(11)13-8-6-12(20)7-9-13)18(25)21-16-5-3-4-15(19)14(16)10-26-2/h3-9H,10H2,1-2H3,(H,21,25). The highest BCUT2D eigenvalue weighted by Gasteiger charge is 2.19. The van der Waals surface area contributed by atoms with Gasteiger partial charge in [-0.05, 0) is 43.3 Å². The minimum absolute atomic E-state index is 0.192. The van der Waals surface area contributed by atoms with Crippen molar-refractivity contribution >= 4 is 27.5 Å². The molecule has 1 heterocycles. The van der Waals surface area contributed by atoms with Crippen LogP contribution in [0.15, 0.2) is 46.9 Å². The second-order valence-corrected chi connectivity index (χ2v) is 6.42. The number of ether oxygens (including phenoxy) is 1. The fraction of sp³-hybridized carbons (Fsp3) is 0.167. The average molecular weight is 419 g/mol. The first-order valence-electron chi connectivity index (χ1n) is 7.77. The van der Waals surface area contributed by atoms with E-state index < -0.39 is 0 Å². The largest absolute Gasteiger partial charge is 0.380 e. The second-order valence-electron chi connectivity index (χ2n) is 5.56. The predicted molar refractivity (Wildman–Crippen MR) is 98.9 cm³/mol. The first-order chi connectivity index (χ1) is 12.5. The zero-order valence-corrected chi connectivity index (χ0v) is 15.7. The van der Waals surface area contributed by atoms with Crippen molar-refractivity contribution < 1.29 is 13.9 Å². The van der Waals surface area contributed by atoms with Gasteiger partial charge >= 0.3 is 0 Å². The van der Waals surface area contributed by atoms with Crippen molar-refractivity contribution in [3.8, 4) is 5.69 Å². The molecular weight excluding hydrogens is 403 g/mol. The third-order valence-corrected chi connectivity index (χ3v) is 4.58. The highest BCUT2D eigenvalue weighted by Crippen LogP contribution is 2.26. The molecule has 0 saturated heterocycles. The number of hydrogen-bond acceptors (Lipinski definition) is 4. The minimum atomic E-state index is -0.383. The molecule has 1 aromatic heterocycles. The van der Waals surface area contributed by atoms with Gasteiger partial charge in [-0.2, -0.15) is 0 Å². The van der Waals surface area contributed by atoms with Crippen LogP contribution in [-0.4, -0.2) is 28.0 Å². The molecule has 0 radical (unpaired) electrons. The van der Waals surface area contributed by atoms with Crippen LogP contribution in [0.25, 0.3) is 5.69 Å². The number of nitrogens with zero attached hydrogens (tertiary/aromatic N) is 3. The molecule has 2 aromatic carbocycles. The van der Waals surface area contributed by atoms with Crippen LogP contribution in [0.4, 0.5) is 10.1 Å². The maximum absolute atomic E-state index is 13.1. The van der Waals surface area contributed by atoms with E-state index in [1.165, 1.54) is 16.8 Å². The van der Waals surface area contributed by atoms with E-state index in [2.05, 4.69) is 31.6 Å². The van der Waals surface area contributed by atoms with Crippen molar-refractivity contribution in [1.82, 2.24) is 15.0 Å². The van der Waals surface area contributed by atoms with Gasteiger partial charge in [0.25, 0.3) is 5.91 Å². The van der Waals surface area contributed by atoms with Crippen LogP contribution in [-0.2, 0) is 11.3 Å². The lowest BCUT2D eigenvalue weighted by Crippen LogP contribution is -2.15. The summed E-state index contributed by atoms with van der Waals surface area (Å²) in [5.74, 6) is -0.726. The number of carbonyl (C=O) groups excluding carboxylic acids is 1. The second kappa shape index (κ2) is 7.76. The SMILES string of the molecule is COCc1c(Br)cccc1NC(=O)c1nnn(-c2ccc(F)cc2)c1C.